The highest BCUT2D eigenvalue weighted by atomic mass is 16.5. The molecule has 0 saturated heterocycles. The van der Waals surface area contributed by atoms with Crippen LogP contribution in [-0.4, -0.2) is 28.3 Å². The monoisotopic (exact) mass is 236 g/mol. The first-order valence-electron chi connectivity index (χ1n) is 5.68. The third-order valence-corrected chi connectivity index (χ3v) is 2.25. The summed E-state index contributed by atoms with van der Waals surface area (Å²) in [6.45, 7) is 3.89. The van der Waals surface area contributed by atoms with Crippen LogP contribution in [0.15, 0.2) is 18.5 Å². The van der Waals surface area contributed by atoms with Crippen LogP contribution < -0.4 is 0 Å². The van der Waals surface area contributed by atoms with Crippen LogP contribution >= 0.6 is 0 Å². The quantitative estimate of drug-likeness (QED) is 0.426. The Morgan fingerprint density at radius 1 is 1.29 bits per heavy atom. The molecule has 0 N–H and O–H groups in total. The summed E-state index contributed by atoms with van der Waals surface area (Å²) in [4.78, 5) is 31.4. The third-order valence-electron chi connectivity index (χ3n) is 2.25. The van der Waals surface area contributed by atoms with Crippen molar-refractivity contribution < 1.29 is 14.3 Å². The Balaban J connectivity index is 2.84. The zero-order valence-corrected chi connectivity index (χ0v) is 10.0. The van der Waals surface area contributed by atoms with Crippen LogP contribution in [0.25, 0.3) is 0 Å². The van der Waals surface area contributed by atoms with Gasteiger partial charge in [0, 0.05) is 12.4 Å². The maximum atomic E-state index is 12.0. The van der Waals surface area contributed by atoms with Crippen molar-refractivity contribution in [2.24, 2.45) is 5.92 Å². The van der Waals surface area contributed by atoms with E-state index in [9.17, 15) is 9.59 Å². The molecule has 0 saturated carbocycles. The maximum Gasteiger partial charge on any atom is 0.316 e. The number of ether oxygens (including phenoxy) is 1. The summed E-state index contributed by atoms with van der Waals surface area (Å²) in [6, 6.07) is 1.62. The second kappa shape index (κ2) is 6.73. The Hall–Kier alpha value is -1.78. The number of carbonyl (C=O) groups is 2. The first-order chi connectivity index (χ1) is 8.20. The Morgan fingerprint density at radius 3 is 2.47 bits per heavy atom. The summed E-state index contributed by atoms with van der Waals surface area (Å²) in [5.74, 6) is -1.58. The van der Waals surface area contributed by atoms with Gasteiger partial charge >= 0.3 is 5.97 Å². The van der Waals surface area contributed by atoms with Gasteiger partial charge in [-0.25, -0.2) is 9.97 Å². The van der Waals surface area contributed by atoms with Crippen LogP contribution in [0.2, 0.25) is 0 Å². The predicted molar refractivity (Wildman–Crippen MR) is 61.4 cm³/mol. The minimum atomic E-state index is -0.789. The van der Waals surface area contributed by atoms with Gasteiger partial charge < -0.3 is 4.74 Å². The van der Waals surface area contributed by atoms with E-state index in [2.05, 4.69) is 9.97 Å². The Kier molecular flexibility index (Phi) is 5.26. The van der Waals surface area contributed by atoms with Crippen LogP contribution in [0, 0.1) is 5.92 Å². The SMILES string of the molecule is CCCC(C(=O)OCC)C(=O)c1ncccn1. The smallest absolute Gasteiger partial charge is 0.316 e. The van der Waals surface area contributed by atoms with Crippen molar-refractivity contribution in [3.05, 3.63) is 24.3 Å². The average Bonchev–Trinajstić information content (AvgIpc) is 2.36. The van der Waals surface area contributed by atoms with E-state index in [0.717, 1.165) is 6.42 Å². The number of nitrogens with zero attached hydrogens (tertiary/aromatic N) is 2. The second-order valence-electron chi connectivity index (χ2n) is 3.53. The molecule has 5 heteroatoms. The molecule has 5 nitrogen and oxygen atoms in total. The van der Waals surface area contributed by atoms with Crippen LogP contribution in [0.3, 0.4) is 0 Å². The molecule has 17 heavy (non-hydrogen) atoms. The molecule has 1 aromatic heterocycles. The standard InChI is InChI=1S/C12H16N2O3/c1-3-6-9(12(16)17-4-2)10(15)11-13-7-5-8-14-11/h5,7-9H,3-4,6H2,1-2H3. The van der Waals surface area contributed by atoms with Gasteiger partial charge in [-0.05, 0) is 19.4 Å². The number of ketones is 1. The van der Waals surface area contributed by atoms with Crippen molar-refractivity contribution in [3.63, 3.8) is 0 Å². The van der Waals surface area contributed by atoms with Crippen LogP contribution in [0.4, 0.5) is 0 Å². The van der Waals surface area contributed by atoms with Crippen molar-refractivity contribution in [2.75, 3.05) is 6.61 Å². The van der Waals surface area contributed by atoms with Gasteiger partial charge in [-0.1, -0.05) is 13.3 Å². The molecular weight excluding hydrogens is 220 g/mol. The molecule has 0 spiro atoms. The largest absolute Gasteiger partial charge is 0.465 e. The van der Waals surface area contributed by atoms with E-state index >= 15 is 0 Å². The van der Waals surface area contributed by atoms with Gasteiger partial charge in [-0.3, -0.25) is 9.59 Å². The molecule has 0 radical (unpaired) electrons. The van der Waals surface area contributed by atoms with Crippen molar-refractivity contribution in [1.82, 2.24) is 9.97 Å². The van der Waals surface area contributed by atoms with E-state index < -0.39 is 11.9 Å². The molecule has 0 bridgehead atoms. The van der Waals surface area contributed by atoms with Gasteiger partial charge in [0.2, 0.25) is 5.78 Å². The van der Waals surface area contributed by atoms with E-state index in [1.807, 2.05) is 6.92 Å². The van der Waals surface area contributed by atoms with Gasteiger partial charge in [0.05, 0.1) is 6.61 Å². The normalized spacial score (nSPS) is 11.9. The number of hydrogen-bond acceptors (Lipinski definition) is 5. The first-order valence-corrected chi connectivity index (χ1v) is 5.68. The molecule has 1 rings (SSSR count). The van der Waals surface area contributed by atoms with Crippen molar-refractivity contribution in [2.45, 2.75) is 26.7 Å². The molecule has 0 aliphatic carbocycles. The van der Waals surface area contributed by atoms with Crippen molar-refractivity contribution >= 4 is 11.8 Å². The number of hydrogen-bond donors (Lipinski definition) is 0. The zero-order valence-electron chi connectivity index (χ0n) is 10.0. The highest BCUT2D eigenvalue weighted by Crippen LogP contribution is 2.13. The zero-order chi connectivity index (χ0) is 12.7. The van der Waals surface area contributed by atoms with Gasteiger partial charge in [-0.15, -0.1) is 0 Å². The highest BCUT2D eigenvalue weighted by molar-refractivity contribution is 6.06. The second-order valence-corrected chi connectivity index (χ2v) is 3.53. The molecule has 1 atom stereocenters. The molecule has 1 unspecified atom stereocenters. The fourth-order valence-corrected chi connectivity index (χ4v) is 1.47. The van der Waals surface area contributed by atoms with Crippen molar-refractivity contribution in [1.29, 1.82) is 0 Å². The topological polar surface area (TPSA) is 69.2 Å². The molecule has 92 valence electrons. The lowest BCUT2D eigenvalue weighted by Gasteiger charge is -2.12. The summed E-state index contributed by atoms with van der Waals surface area (Å²) < 4.78 is 4.88. The lowest BCUT2D eigenvalue weighted by molar-refractivity contribution is -0.146. The average molecular weight is 236 g/mol. The molecule has 0 aliphatic heterocycles. The van der Waals surface area contributed by atoms with Gasteiger partial charge in [0.25, 0.3) is 0 Å². The third kappa shape index (κ3) is 3.62. The lowest BCUT2D eigenvalue weighted by Crippen LogP contribution is -2.27. The molecule has 0 aromatic carbocycles. The molecular formula is C12H16N2O3. The number of rotatable bonds is 6. The molecule has 0 aliphatic rings. The van der Waals surface area contributed by atoms with E-state index in [1.165, 1.54) is 12.4 Å². The lowest BCUT2D eigenvalue weighted by atomic mass is 9.98. The molecule has 1 aromatic rings. The van der Waals surface area contributed by atoms with Crippen molar-refractivity contribution in [3.8, 4) is 0 Å². The van der Waals surface area contributed by atoms with E-state index in [1.54, 1.807) is 13.0 Å². The number of aromatic nitrogens is 2. The number of carbonyl (C=O) groups excluding carboxylic acids is 2. The summed E-state index contributed by atoms with van der Waals surface area (Å²) in [5, 5.41) is 0. The maximum absolute atomic E-state index is 12.0. The predicted octanol–water partition coefficient (Wildman–Crippen LogP) is 1.64. The first kappa shape index (κ1) is 13.3. The summed E-state index contributed by atoms with van der Waals surface area (Å²) >= 11 is 0. The van der Waals surface area contributed by atoms with Gasteiger partial charge in [-0.2, -0.15) is 0 Å². The molecule has 0 fully saturated rings. The Morgan fingerprint density at radius 2 is 1.94 bits per heavy atom. The van der Waals surface area contributed by atoms with Crippen LogP contribution in [-0.2, 0) is 9.53 Å². The minimum Gasteiger partial charge on any atom is -0.465 e. The van der Waals surface area contributed by atoms with E-state index in [-0.39, 0.29) is 18.2 Å². The molecule has 1 heterocycles. The Bertz CT molecular complexity index is 379. The Labute approximate surface area is 100 Å². The van der Waals surface area contributed by atoms with Gasteiger partial charge in [0.1, 0.15) is 5.92 Å². The highest BCUT2D eigenvalue weighted by Gasteiger charge is 2.29. The number of Topliss-reactive ketones (excluding diaryl/α,β-unsaturated/α-hetero) is 1. The summed E-state index contributed by atoms with van der Waals surface area (Å²) in [7, 11) is 0. The van der Waals surface area contributed by atoms with Gasteiger partial charge in [0.15, 0.2) is 5.82 Å². The molecule has 0 amide bonds. The van der Waals surface area contributed by atoms with Crippen LogP contribution in [0.1, 0.15) is 37.3 Å². The summed E-state index contributed by atoms with van der Waals surface area (Å²) in [5.41, 5.74) is 0. The minimum absolute atomic E-state index is 0.0685. The van der Waals surface area contributed by atoms with E-state index in [4.69, 9.17) is 4.74 Å². The van der Waals surface area contributed by atoms with Crippen LogP contribution in [0.5, 0.6) is 0 Å². The van der Waals surface area contributed by atoms with E-state index in [0.29, 0.717) is 6.42 Å². The number of esters is 1. The fraction of sp³-hybridized carbons (Fsp3) is 0.500. The summed E-state index contributed by atoms with van der Waals surface area (Å²) in [6.07, 6.45) is 4.14. The fourth-order valence-electron chi connectivity index (χ4n) is 1.47.